The predicted molar refractivity (Wildman–Crippen MR) is 127 cm³/mol. The molecule has 3 aromatic rings. The number of hydrogen-bond donors (Lipinski definition) is 2. The van der Waals surface area contributed by atoms with E-state index in [1.165, 1.54) is 18.3 Å². The lowest BCUT2D eigenvalue weighted by Crippen LogP contribution is -2.41. The highest BCUT2D eigenvalue weighted by atomic mass is 16.5. The molecule has 9 nitrogen and oxygen atoms in total. The van der Waals surface area contributed by atoms with Crippen LogP contribution >= 0.6 is 0 Å². The topological polar surface area (TPSA) is 114 Å². The zero-order valence-corrected chi connectivity index (χ0v) is 18.8. The molecule has 9 heteroatoms. The largest absolute Gasteiger partial charge is 0.490 e. The first kappa shape index (κ1) is 23.0. The Morgan fingerprint density at radius 2 is 1.82 bits per heavy atom. The average molecular weight is 463 g/mol. The third kappa shape index (κ3) is 5.43. The van der Waals surface area contributed by atoms with E-state index in [-0.39, 0.29) is 23.0 Å². The van der Waals surface area contributed by atoms with Gasteiger partial charge >= 0.3 is 5.97 Å². The van der Waals surface area contributed by atoms with Gasteiger partial charge in [-0.05, 0) is 44.0 Å². The van der Waals surface area contributed by atoms with Gasteiger partial charge < -0.3 is 24.8 Å². The summed E-state index contributed by atoms with van der Waals surface area (Å²) in [7, 11) is 0. The van der Waals surface area contributed by atoms with Crippen molar-refractivity contribution in [2.75, 3.05) is 29.9 Å². The maximum Gasteiger partial charge on any atom is 0.336 e. The van der Waals surface area contributed by atoms with E-state index in [1.807, 2.05) is 31.2 Å². The molecule has 1 amide bonds. The number of carboxylic acid groups (broad SMARTS) is 1. The summed E-state index contributed by atoms with van der Waals surface area (Å²) in [6.07, 6.45) is 4.81. The molecule has 0 saturated carbocycles. The number of nitrogens with one attached hydrogen (secondary N) is 1. The highest BCUT2D eigenvalue weighted by Crippen LogP contribution is 2.30. The molecule has 176 valence electrons. The van der Waals surface area contributed by atoms with E-state index in [0.717, 1.165) is 19.4 Å². The number of hydrogen-bond acceptors (Lipinski definition) is 7. The van der Waals surface area contributed by atoms with Gasteiger partial charge in [0, 0.05) is 6.54 Å². The van der Waals surface area contributed by atoms with Crippen LogP contribution in [0.1, 0.15) is 40.5 Å². The number of piperidine rings is 1. The van der Waals surface area contributed by atoms with Crippen molar-refractivity contribution in [3.8, 4) is 11.5 Å². The Bertz CT molecular complexity index is 1170. The Morgan fingerprint density at radius 1 is 1.09 bits per heavy atom. The highest BCUT2D eigenvalue weighted by molar-refractivity contribution is 6.10. The van der Waals surface area contributed by atoms with Crippen LogP contribution in [0, 0.1) is 0 Å². The van der Waals surface area contributed by atoms with Crippen LogP contribution in [0.25, 0.3) is 0 Å². The van der Waals surface area contributed by atoms with E-state index in [2.05, 4.69) is 20.2 Å². The average Bonchev–Trinajstić information content (AvgIpc) is 2.86. The molecule has 1 atom stereocenters. The Hall–Kier alpha value is -4.14. The summed E-state index contributed by atoms with van der Waals surface area (Å²) in [5.74, 6) is 0.546. The van der Waals surface area contributed by atoms with Gasteiger partial charge in [0.15, 0.2) is 17.3 Å². The second-order valence-electron chi connectivity index (χ2n) is 7.78. The molecule has 1 aromatic heterocycles. The van der Waals surface area contributed by atoms with Crippen molar-refractivity contribution in [2.24, 2.45) is 0 Å². The first-order chi connectivity index (χ1) is 16.5. The molecular weight excluding hydrogens is 436 g/mol. The van der Waals surface area contributed by atoms with Crippen LogP contribution in [0.2, 0.25) is 0 Å². The van der Waals surface area contributed by atoms with Crippen molar-refractivity contribution in [1.82, 2.24) is 9.97 Å². The summed E-state index contributed by atoms with van der Waals surface area (Å²) in [5, 5.41) is 12.0. The van der Waals surface area contributed by atoms with Crippen molar-refractivity contribution >= 4 is 23.5 Å². The third-order valence-corrected chi connectivity index (χ3v) is 5.41. The number of ether oxygens (including phenoxy) is 2. The number of aromatic carboxylic acids is 1. The lowest BCUT2D eigenvalue weighted by Gasteiger charge is -2.33. The fraction of sp³-hybridized carbons (Fsp3) is 0.280. The molecule has 0 aliphatic carbocycles. The van der Waals surface area contributed by atoms with E-state index >= 15 is 0 Å². The molecule has 1 aliphatic rings. The van der Waals surface area contributed by atoms with Crippen LogP contribution < -0.4 is 19.7 Å². The Balaban J connectivity index is 1.45. The molecule has 0 radical (unpaired) electrons. The molecular formula is C25H26N4O5. The molecule has 34 heavy (non-hydrogen) atoms. The third-order valence-electron chi connectivity index (χ3n) is 5.41. The molecule has 1 unspecified atom stereocenters. The van der Waals surface area contributed by atoms with Crippen LogP contribution in [-0.2, 0) is 0 Å². The number of nitrogens with zero attached hydrogens (tertiary/aromatic N) is 3. The summed E-state index contributed by atoms with van der Waals surface area (Å²) in [6.45, 7) is 3.88. The minimum Gasteiger partial charge on any atom is -0.490 e. The Labute approximate surface area is 197 Å². The van der Waals surface area contributed by atoms with E-state index in [9.17, 15) is 14.7 Å². The smallest absolute Gasteiger partial charge is 0.336 e. The summed E-state index contributed by atoms with van der Waals surface area (Å²) in [4.78, 5) is 34.9. The first-order valence-electron chi connectivity index (χ1n) is 11.1. The maximum atomic E-state index is 12.7. The normalized spacial score (nSPS) is 15.4. The molecule has 4 rings (SSSR count). The first-order valence-corrected chi connectivity index (χ1v) is 11.1. The van der Waals surface area contributed by atoms with E-state index in [4.69, 9.17) is 9.47 Å². The molecule has 2 N–H and O–H groups in total. The van der Waals surface area contributed by atoms with Gasteiger partial charge in [0.2, 0.25) is 0 Å². The molecule has 2 aromatic carbocycles. The van der Waals surface area contributed by atoms with Crippen molar-refractivity contribution in [1.29, 1.82) is 0 Å². The van der Waals surface area contributed by atoms with Crippen molar-refractivity contribution in [2.45, 2.75) is 25.9 Å². The number of carbonyl (C=O) groups is 2. The second kappa shape index (κ2) is 10.7. The van der Waals surface area contributed by atoms with Gasteiger partial charge in [0.05, 0.1) is 36.7 Å². The number of rotatable bonds is 8. The van der Waals surface area contributed by atoms with Gasteiger partial charge in [-0.1, -0.05) is 24.3 Å². The van der Waals surface area contributed by atoms with Gasteiger partial charge in [-0.15, -0.1) is 0 Å². The molecule has 1 saturated heterocycles. The SMILES string of the molecule is CCOc1ccccc1OC1CCCN(c2cncc(NC(=O)c3ccccc3C(=O)O)n2)C1. The van der Waals surface area contributed by atoms with Crippen LogP contribution in [0.5, 0.6) is 11.5 Å². The van der Waals surface area contributed by atoms with E-state index in [1.54, 1.807) is 18.3 Å². The summed E-state index contributed by atoms with van der Waals surface area (Å²) >= 11 is 0. The number of amides is 1. The number of para-hydroxylation sites is 2. The summed E-state index contributed by atoms with van der Waals surface area (Å²) < 4.78 is 11.9. The van der Waals surface area contributed by atoms with Crippen LogP contribution in [-0.4, -0.2) is 52.8 Å². The van der Waals surface area contributed by atoms with Gasteiger partial charge in [-0.25, -0.2) is 9.78 Å². The maximum absolute atomic E-state index is 12.7. The summed E-state index contributed by atoms with van der Waals surface area (Å²) in [6, 6.07) is 13.6. The van der Waals surface area contributed by atoms with Gasteiger partial charge in [0.1, 0.15) is 11.9 Å². The number of benzene rings is 2. The van der Waals surface area contributed by atoms with Crippen molar-refractivity contribution in [3.05, 3.63) is 72.1 Å². The molecule has 1 fully saturated rings. The minimum absolute atomic E-state index is 0.0570. The van der Waals surface area contributed by atoms with Crippen molar-refractivity contribution in [3.63, 3.8) is 0 Å². The molecule has 0 bridgehead atoms. The van der Waals surface area contributed by atoms with Crippen LogP contribution in [0.3, 0.4) is 0 Å². The highest BCUT2D eigenvalue weighted by Gasteiger charge is 2.24. The minimum atomic E-state index is -1.17. The second-order valence-corrected chi connectivity index (χ2v) is 7.78. The molecule has 2 heterocycles. The number of carboxylic acids is 1. The quantitative estimate of drug-likeness (QED) is 0.519. The number of aromatic nitrogens is 2. The lowest BCUT2D eigenvalue weighted by molar-refractivity contribution is 0.0692. The standard InChI is InChI=1S/C25H26N4O5/c1-2-33-20-11-5-6-12-21(20)34-17-8-7-13-29(16-17)23-15-26-14-22(27-23)28-24(30)18-9-3-4-10-19(18)25(31)32/h3-6,9-12,14-15,17H,2,7-8,13,16H2,1H3,(H,31,32)(H,27,28,30). The monoisotopic (exact) mass is 462 g/mol. The van der Waals surface area contributed by atoms with Crippen LogP contribution in [0.4, 0.5) is 11.6 Å². The molecule has 0 spiro atoms. The fourth-order valence-electron chi connectivity index (χ4n) is 3.86. The fourth-order valence-corrected chi connectivity index (χ4v) is 3.86. The van der Waals surface area contributed by atoms with Gasteiger partial charge in [-0.2, -0.15) is 0 Å². The van der Waals surface area contributed by atoms with Gasteiger partial charge in [0.25, 0.3) is 5.91 Å². The zero-order valence-electron chi connectivity index (χ0n) is 18.8. The summed E-state index contributed by atoms with van der Waals surface area (Å²) in [5.41, 5.74) is -0.0194. The lowest BCUT2D eigenvalue weighted by atomic mass is 10.1. The zero-order chi connectivity index (χ0) is 23.9. The molecule has 1 aliphatic heterocycles. The van der Waals surface area contributed by atoms with E-state index in [0.29, 0.717) is 30.5 Å². The number of carbonyl (C=O) groups excluding carboxylic acids is 1. The van der Waals surface area contributed by atoms with Crippen molar-refractivity contribution < 1.29 is 24.2 Å². The van der Waals surface area contributed by atoms with E-state index < -0.39 is 11.9 Å². The Morgan fingerprint density at radius 3 is 2.59 bits per heavy atom. The Kier molecular flexibility index (Phi) is 7.22. The number of anilines is 2. The van der Waals surface area contributed by atoms with Crippen LogP contribution in [0.15, 0.2) is 60.9 Å². The predicted octanol–water partition coefficient (Wildman–Crippen LogP) is 3.87. The van der Waals surface area contributed by atoms with Gasteiger partial charge in [-0.3, -0.25) is 9.78 Å².